The van der Waals surface area contributed by atoms with Gasteiger partial charge in [-0.3, -0.25) is 14.5 Å². The molecule has 33 heavy (non-hydrogen) atoms. The molecule has 176 valence electrons. The third-order valence-corrected chi connectivity index (χ3v) is 8.12. The third-order valence-electron chi connectivity index (χ3n) is 8.12. The lowest BCUT2D eigenvalue weighted by atomic mass is 9.50. The maximum absolute atomic E-state index is 13.0. The zero-order chi connectivity index (χ0) is 23.5. The van der Waals surface area contributed by atoms with Crippen molar-refractivity contribution in [1.82, 2.24) is 4.90 Å². The van der Waals surface area contributed by atoms with Gasteiger partial charge in [0.05, 0.1) is 23.3 Å². The first kappa shape index (κ1) is 22.1. The molecule has 1 heterocycles. The van der Waals surface area contributed by atoms with Crippen LogP contribution in [0.3, 0.4) is 0 Å². The molecule has 4 aliphatic carbocycles. The molecule has 4 saturated carbocycles. The standard InChI is InChI=1S/C26H31NO6/c1-14(2)5-21(24(30)31)27-22(28)19-4-3-18(9-20(19)23(27)29)25(32)33-13-26-10-15-6-16(11-26)8-17(7-15)12-26/h3-4,9,14-17,21H,5-8,10-13H2,1-2H3,(H,30,31). The highest BCUT2D eigenvalue weighted by Gasteiger charge is 2.51. The smallest absolute Gasteiger partial charge is 0.338 e. The lowest BCUT2D eigenvalue weighted by Crippen LogP contribution is -2.48. The average Bonchev–Trinajstić information content (AvgIpc) is 2.99. The van der Waals surface area contributed by atoms with Gasteiger partial charge in [0.15, 0.2) is 0 Å². The van der Waals surface area contributed by atoms with Crippen molar-refractivity contribution in [3.8, 4) is 0 Å². The second-order valence-electron chi connectivity index (χ2n) is 11.2. The van der Waals surface area contributed by atoms with E-state index in [9.17, 15) is 24.3 Å². The molecule has 1 aliphatic heterocycles. The Bertz CT molecular complexity index is 992. The predicted molar refractivity (Wildman–Crippen MR) is 119 cm³/mol. The molecule has 1 unspecified atom stereocenters. The maximum Gasteiger partial charge on any atom is 0.338 e. The molecular weight excluding hydrogens is 422 g/mol. The van der Waals surface area contributed by atoms with E-state index in [0.29, 0.717) is 6.61 Å². The third kappa shape index (κ3) is 3.85. The Morgan fingerprint density at radius 2 is 1.61 bits per heavy atom. The van der Waals surface area contributed by atoms with E-state index >= 15 is 0 Å². The summed E-state index contributed by atoms with van der Waals surface area (Å²) in [5, 5.41) is 9.61. The summed E-state index contributed by atoms with van der Waals surface area (Å²) < 4.78 is 5.76. The van der Waals surface area contributed by atoms with E-state index in [1.807, 2.05) is 13.8 Å². The minimum atomic E-state index is -1.23. The Morgan fingerprint density at radius 3 is 2.15 bits per heavy atom. The molecule has 1 atom stereocenters. The van der Waals surface area contributed by atoms with Crippen molar-refractivity contribution in [2.75, 3.05) is 6.61 Å². The van der Waals surface area contributed by atoms with Gasteiger partial charge in [-0.05, 0) is 86.8 Å². The van der Waals surface area contributed by atoms with Crippen LogP contribution in [0, 0.1) is 29.1 Å². The molecule has 4 bridgehead atoms. The summed E-state index contributed by atoms with van der Waals surface area (Å²) in [4.78, 5) is 51.3. The first-order valence-corrected chi connectivity index (χ1v) is 12.1. The number of aliphatic carboxylic acids is 1. The number of carboxylic acids is 1. The Morgan fingerprint density at radius 1 is 1.03 bits per heavy atom. The highest BCUT2D eigenvalue weighted by atomic mass is 16.5. The van der Waals surface area contributed by atoms with Crippen LogP contribution in [0.15, 0.2) is 18.2 Å². The van der Waals surface area contributed by atoms with Gasteiger partial charge in [0, 0.05) is 5.41 Å². The summed E-state index contributed by atoms with van der Waals surface area (Å²) in [5.41, 5.74) is 0.513. The first-order valence-electron chi connectivity index (χ1n) is 12.1. The highest BCUT2D eigenvalue weighted by molar-refractivity contribution is 6.23. The van der Waals surface area contributed by atoms with Gasteiger partial charge in [0.1, 0.15) is 6.04 Å². The van der Waals surface area contributed by atoms with Gasteiger partial charge in [-0.25, -0.2) is 9.59 Å². The van der Waals surface area contributed by atoms with Crippen LogP contribution in [0.25, 0.3) is 0 Å². The minimum Gasteiger partial charge on any atom is -0.480 e. The van der Waals surface area contributed by atoms with Crippen LogP contribution in [0.4, 0.5) is 0 Å². The molecule has 1 aromatic carbocycles. The Hall–Kier alpha value is -2.70. The van der Waals surface area contributed by atoms with Crippen LogP contribution in [0.2, 0.25) is 0 Å². The van der Waals surface area contributed by atoms with E-state index in [4.69, 9.17) is 4.74 Å². The molecule has 2 amide bonds. The van der Waals surface area contributed by atoms with Gasteiger partial charge in [-0.1, -0.05) is 13.8 Å². The Labute approximate surface area is 193 Å². The first-order chi connectivity index (χ1) is 15.7. The van der Waals surface area contributed by atoms with Crippen molar-refractivity contribution >= 4 is 23.8 Å². The number of hydrogen-bond donors (Lipinski definition) is 1. The van der Waals surface area contributed by atoms with Gasteiger partial charge in [0.25, 0.3) is 11.8 Å². The van der Waals surface area contributed by atoms with Crippen LogP contribution in [-0.4, -0.2) is 46.4 Å². The molecule has 0 spiro atoms. The minimum absolute atomic E-state index is 0.00876. The number of hydrogen-bond acceptors (Lipinski definition) is 5. The number of rotatable bonds is 7. The summed E-state index contributed by atoms with van der Waals surface area (Å²) in [7, 11) is 0. The monoisotopic (exact) mass is 453 g/mol. The fourth-order valence-corrected chi connectivity index (χ4v) is 7.20. The summed E-state index contributed by atoms with van der Waals surface area (Å²) in [5.74, 6) is -0.730. The maximum atomic E-state index is 13.0. The molecule has 4 fully saturated rings. The van der Waals surface area contributed by atoms with Gasteiger partial charge in [-0.15, -0.1) is 0 Å². The van der Waals surface area contributed by atoms with Gasteiger partial charge < -0.3 is 9.84 Å². The normalized spacial score (nSPS) is 30.6. The fourth-order valence-electron chi connectivity index (χ4n) is 7.20. The van der Waals surface area contributed by atoms with E-state index in [1.165, 1.54) is 37.5 Å². The molecule has 1 aromatic rings. The van der Waals surface area contributed by atoms with Crippen LogP contribution in [0.1, 0.15) is 89.9 Å². The summed E-state index contributed by atoms with van der Waals surface area (Å²) in [6, 6.07) is 3.08. The molecule has 0 aromatic heterocycles. The van der Waals surface area contributed by atoms with E-state index < -0.39 is 29.8 Å². The number of ether oxygens (including phenoxy) is 1. The number of imide groups is 1. The Balaban J connectivity index is 1.31. The number of amides is 2. The summed E-state index contributed by atoms with van der Waals surface area (Å²) in [6.07, 6.45) is 7.51. The molecule has 6 rings (SSSR count). The predicted octanol–water partition coefficient (Wildman–Crippen LogP) is 4.16. The second-order valence-corrected chi connectivity index (χ2v) is 11.2. The number of nitrogens with zero attached hydrogens (tertiary/aromatic N) is 1. The van der Waals surface area contributed by atoms with Crippen LogP contribution >= 0.6 is 0 Å². The van der Waals surface area contributed by atoms with E-state index in [0.717, 1.165) is 41.9 Å². The van der Waals surface area contributed by atoms with Crippen molar-refractivity contribution < 1.29 is 29.0 Å². The van der Waals surface area contributed by atoms with Crippen molar-refractivity contribution in [3.63, 3.8) is 0 Å². The molecule has 7 heteroatoms. The molecule has 7 nitrogen and oxygen atoms in total. The molecule has 0 saturated heterocycles. The van der Waals surface area contributed by atoms with Crippen LogP contribution in [-0.2, 0) is 9.53 Å². The van der Waals surface area contributed by atoms with E-state index in [-0.39, 0.29) is 34.4 Å². The number of carbonyl (C=O) groups is 4. The summed E-state index contributed by atoms with van der Waals surface area (Å²) in [6.45, 7) is 4.08. The Kier molecular flexibility index (Phi) is 5.33. The quantitative estimate of drug-likeness (QED) is 0.492. The van der Waals surface area contributed by atoms with E-state index in [2.05, 4.69) is 0 Å². The van der Waals surface area contributed by atoms with Gasteiger partial charge in [0.2, 0.25) is 0 Å². The van der Waals surface area contributed by atoms with Crippen molar-refractivity contribution in [2.45, 2.75) is 64.8 Å². The SMILES string of the molecule is CC(C)CC(C(=O)O)N1C(=O)c2ccc(C(=O)OCC34CC5CC(CC(C5)C3)C4)cc2C1=O. The molecule has 1 N–H and O–H groups in total. The molecule has 0 radical (unpaired) electrons. The zero-order valence-electron chi connectivity index (χ0n) is 19.2. The molecule has 5 aliphatic rings. The number of carboxylic acid groups (broad SMARTS) is 1. The second kappa shape index (κ2) is 7.96. The highest BCUT2D eigenvalue weighted by Crippen LogP contribution is 2.60. The van der Waals surface area contributed by atoms with Crippen LogP contribution < -0.4 is 0 Å². The number of carbonyl (C=O) groups excluding carboxylic acids is 3. The zero-order valence-corrected chi connectivity index (χ0v) is 19.2. The van der Waals surface area contributed by atoms with Crippen molar-refractivity contribution in [3.05, 3.63) is 34.9 Å². The van der Waals surface area contributed by atoms with E-state index in [1.54, 1.807) is 0 Å². The summed E-state index contributed by atoms with van der Waals surface area (Å²) >= 11 is 0. The lowest BCUT2D eigenvalue weighted by molar-refractivity contribution is -0.142. The van der Waals surface area contributed by atoms with Crippen molar-refractivity contribution in [1.29, 1.82) is 0 Å². The number of benzene rings is 1. The number of fused-ring (bicyclic) bond motifs is 1. The topological polar surface area (TPSA) is 101 Å². The lowest BCUT2D eigenvalue weighted by Gasteiger charge is -2.56. The fraction of sp³-hybridized carbons (Fsp3) is 0.615. The van der Waals surface area contributed by atoms with Gasteiger partial charge in [-0.2, -0.15) is 0 Å². The average molecular weight is 454 g/mol. The number of esters is 1. The van der Waals surface area contributed by atoms with Crippen molar-refractivity contribution in [2.24, 2.45) is 29.1 Å². The van der Waals surface area contributed by atoms with Crippen LogP contribution in [0.5, 0.6) is 0 Å². The van der Waals surface area contributed by atoms with Gasteiger partial charge >= 0.3 is 11.9 Å². The largest absolute Gasteiger partial charge is 0.480 e. The molecular formula is C26H31NO6.